The number of amides is 1. The minimum atomic E-state index is -0.359. The Morgan fingerprint density at radius 1 is 1.26 bits per heavy atom. The van der Waals surface area contributed by atoms with Gasteiger partial charge >= 0.3 is 0 Å². The molecule has 2 heterocycles. The minimum absolute atomic E-state index is 0.149. The van der Waals surface area contributed by atoms with E-state index in [2.05, 4.69) is 15.2 Å². The Bertz CT molecular complexity index is 997. The molecule has 136 valence electrons. The Labute approximate surface area is 155 Å². The highest BCUT2D eigenvalue weighted by atomic mass is 19.1. The van der Waals surface area contributed by atoms with Crippen molar-refractivity contribution in [2.24, 2.45) is 0 Å². The molecule has 0 unspecified atom stereocenters. The van der Waals surface area contributed by atoms with Crippen LogP contribution in [0.25, 0.3) is 17.5 Å². The Morgan fingerprint density at radius 3 is 2.81 bits per heavy atom. The summed E-state index contributed by atoms with van der Waals surface area (Å²) in [5.74, 6) is 0.770. The molecule has 4 rings (SSSR count). The number of rotatable bonds is 4. The van der Waals surface area contributed by atoms with Gasteiger partial charge < -0.3 is 14.6 Å². The number of benzene rings is 2. The monoisotopic (exact) mass is 364 g/mol. The number of aromatic nitrogens is 3. The Kier molecular flexibility index (Phi) is 4.42. The summed E-state index contributed by atoms with van der Waals surface area (Å²) in [6.45, 7) is 0.620. The van der Waals surface area contributed by atoms with E-state index in [0.717, 1.165) is 11.1 Å². The van der Waals surface area contributed by atoms with Crippen molar-refractivity contribution in [2.75, 3.05) is 13.7 Å². The summed E-state index contributed by atoms with van der Waals surface area (Å²) in [6.07, 6.45) is 3.22. The van der Waals surface area contributed by atoms with Crippen molar-refractivity contribution in [3.05, 3.63) is 71.3 Å². The summed E-state index contributed by atoms with van der Waals surface area (Å²) >= 11 is 0. The zero-order valence-electron chi connectivity index (χ0n) is 14.6. The van der Waals surface area contributed by atoms with Gasteiger partial charge in [-0.05, 0) is 29.8 Å². The summed E-state index contributed by atoms with van der Waals surface area (Å²) in [4.78, 5) is 17.3. The molecule has 0 aliphatic carbocycles. The van der Waals surface area contributed by atoms with Crippen molar-refractivity contribution < 1.29 is 13.9 Å². The van der Waals surface area contributed by atoms with Gasteiger partial charge in [-0.25, -0.2) is 4.39 Å². The highest BCUT2D eigenvalue weighted by Crippen LogP contribution is 2.27. The van der Waals surface area contributed by atoms with Gasteiger partial charge in [0.1, 0.15) is 24.5 Å². The Hall–Kier alpha value is -3.48. The number of halogens is 1. The maximum atomic E-state index is 13.4. The van der Waals surface area contributed by atoms with Crippen LogP contribution < -0.4 is 4.74 Å². The van der Waals surface area contributed by atoms with E-state index in [9.17, 15) is 9.18 Å². The average molecular weight is 364 g/mol. The van der Waals surface area contributed by atoms with Crippen molar-refractivity contribution in [3.8, 4) is 17.1 Å². The average Bonchev–Trinajstić information content (AvgIpc) is 3.22. The van der Waals surface area contributed by atoms with Crippen LogP contribution in [-0.2, 0) is 11.3 Å². The minimum Gasteiger partial charge on any atom is -0.488 e. The van der Waals surface area contributed by atoms with Gasteiger partial charge in [-0.1, -0.05) is 24.3 Å². The Balaban J connectivity index is 1.47. The van der Waals surface area contributed by atoms with Crippen LogP contribution in [0.3, 0.4) is 0 Å². The smallest absolute Gasteiger partial charge is 0.253 e. The lowest BCUT2D eigenvalue weighted by Crippen LogP contribution is -2.30. The fraction of sp³-hybridized carbons (Fsp3) is 0.150. The molecule has 0 radical (unpaired) electrons. The van der Waals surface area contributed by atoms with Crippen LogP contribution in [0.4, 0.5) is 4.39 Å². The molecule has 0 atom stereocenters. The second-order valence-corrected chi connectivity index (χ2v) is 6.34. The molecule has 27 heavy (non-hydrogen) atoms. The number of nitrogens with zero attached hydrogens (tertiary/aromatic N) is 3. The molecular formula is C20H17FN4O2. The molecule has 0 fully saturated rings. The highest BCUT2D eigenvalue weighted by Gasteiger charge is 2.20. The zero-order chi connectivity index (χ0) is 18.8. The van der Waals surface area contributed by atoms with E-state index < -0.39 is 0 Å². The number of carbonyl (C=O) groups is 1. The van der Waals surface area contributed by atoms with Gasteiger partial charge in [0.2, 0.25) is 0 Å². The summed E-state index contributed by atoms with van der Waals surface area (Å²) in [5.41, 5.74) is 2.98. The van der Waals surface area contributed by atoms with E-state index in [1.54, 1.807) is 24.1 Å². The normalized spacial score (nSPS) is 12.7. The topological polar surface area (TPSA) is 71.1 Å². The molecule has 1 N–H and O–H groups in total. The van der Waals surface area contributed by atoms with Crippen molar-refractivity contribution in [2.45, 2.75) is 6.54 Å². The molecule has 0 spiro atoms. The Morgan fingerprint density at radius 2 is 2.07 bits per heavy atom. The van der Waals surface area contributed by atoms with Crippen LogP contribution in [0.5, 0.6) is 5.75 Å². The SMILES string of the molecule is CN(Cc1ccc(-c2nnc[nH]2)cc1)C(=O)C1=Cc2cc(F)ccc2OC1. The lowest BCUT2D eigenvalue weighted by molar-refractivity contribution is -0.126. The quantitative estimate of drug-likeness (QED) is 0.772. The van der Waals surface area contributed by atoms with E-state index in [-0.39, 0.29) is 18.3 Å². The number of ether oxygens (including phenoxy) is 1. The summed E-state index contributed by atoms with van der Waals surface area (Å²) in [6, 6.07) is 12.0. The number of nitrogens with one attached hydrogen (secondary N) is 1. The maximum Gasteiger partial charge on any atom is 0.253 e. The van der Waals surface area contributed by atoms with Gasteiger partial charge in [-0.15, -0.1) is 10.2 Å². The molecular weight excluding hydrogens is 347 g/mol. The fourth-order valence-electron chi connectivity index (χ4n) is 2.98. The van der Waals surface area contributed by atoms with Crippen molar-refractivity contribution in [1.82, 2.24) is 20.1 Å². The number of hydrogen-bond acceptors (Lipinski definition) is 4. The predicted octanol–water partition coefficient (Wildman–Crippen LogP) is 3.05. The first-order chi connectivity index (χ1) is 13.1. The maximum absolute atomic E-state index is 13.4. The number of hydrogen-bond donors (Lipinski definition) is 1. The van der Waals surface area contributed by atoms with Gasteiger partial charge in [-0.3, -0.25) is 4.79 Å². The summed E-state index contributed by atoms with van der Waals surface area (Å²) in [5, 5.41) is 7.74. The lowest BCUT2D eigenvalue weighted by atomic mass is 10.1. The first-order valence-corrected chi connectivity index (χ1v) is 8.44. The van der Waals surface area contributed by atoms with Crippen LogP contribution in [0.1, 0.15) is 11.1 Å². The third-order valence-corrected chi connectivity index (χ3v) is 4.37. The van der Waals surface area contributed by atoms with Crippen LogP contribution >= 0.6 is 0 Å². The number of fused-ring (bicyclic) bond motifs is 1. The van der Waals surface area contributed by atoms with E-state index in [1.165, 1.54) is 18.5 Å². The molecule has 7 heteroatoms. The van der Waals surface area contributed by atoms with Crippen LogP contribution in [0, 0.1) is 5.82 Å². The first kappa shape index (κ1) is 17.0. The third-order valence-electron chi connectivity index (χ3n) is 4.37. The largest absolute Gasteiger partial charge is 0.488 e. The number of likely N-dealkylation sites (N-methyl/N-ethyl adjacent to an activating group) is 1. The van der Waals surface area contributed by atoms with E-state index >= 15 is 0 Å². The summed E-state index contributed by atoms with van der Waals surface area (Å²) in [7, 11) is 1.73. The van der Waals surface area contributed by atoms with E-state index in [1.807, 2.05) is 24.3 Å². The molecule has 0 bridgehead atoms. The molecule has 0 saturated carbocycles. The van der Waals surface area contributed by atoms with Gasteiger partial charge in [0.05, 0.1) is 5.57 Å². The molecule has 1 amide bonds. The fourth-order valence-corrected chi connectivity index (χ4v) is 2.98. The van der Waals surface area contributed by atoms with Crippen molar-refractivity contribution in [1.29, 1.82) is 0 Å². The van der Waals surface area contributed by atoms with Gasteiger partial charge in [0, 0.05) is 24.7 Å². The van der Waals surface area contributed by atoms with Gasteiger partial charge in [-0.2, -0.15) is 0 Å². The lowest BCUT2D eigenvalue weighted by Gasteiger charge is -2.22. The van der Waals surface area contributed by atoms with E-state index in [0.29, 0.717) is 29.3 Å². The van der Waals surface area contributed by atoms with Crippen LogP contribution in [0.15, 0.2) is 54.4 Å². The standard InChI is InChI=1S/C20H17FN4O2/c1-25(10-13-2-4-14(5-3-13)19-22-12-23-24-19)20(26)16-8-15-9-17(21)6-7-18(15)27-11-16/h2-9,12H,10-11H2,1H3,(H,22,23,24). The van der Waals surface area contributed by atoms with Crippen LogP contribution in [-0.4, -0.2) is 39.6 Å². The molecule has 6 nitrogen and oxygen atoms in total. The van der Waals surface area contributed by atoms with Crippen molar-refractivity contribution >= 4 is 12.0 Å². The van der Waals surface area contributed by atoms with Gasteiger partial charge in [0.15, 0.2) is 5.82 Å². The molecule has 3 aromatic rings. The van der Waals surface area contributed by atoms with E-state index in [4.69, 9.17) is 4.74 Å². The summed E-state index contributed by atoms with van der Waals surface area (Å²) < 4.78 is 19.0. The number of aromatic amines is 1. The van der Waals surface area contributed by atoms with Crippen LogP contribution in [0.2, 0.25) is 0 Å². The van der Waals surface area contributed by atoms with Crippen molar-refractivity contribution in [3.63, 3.8) is 0 Å². The number of carbonyl (C=O) groups excluding carboxylic acids is 1. The first-order valence-electron chi connectivity index (χ1n) is 8.44. The predicted molar refractivity (Wildman–Crippen MR) is 98.2 cm³/mol. The second-order valence-electron chi connectivity index (χ2n) is 6.34. The second kappa shape index (κ2) is 7.03. The highest BCUT2D eigenvalue weighted by molar-refractivity contribution is 5.99. The molecule has 1 aliphatic heterocycles. The van der Waals surface area contributed by atoms with Gasteiger partial charge in [0.25, 0.3) is 5.91 Å². The molecule has 0 saturated heterocycles. The molecule has 1 aliphatic rings. The third kappa shape index (κ3) is 3.57. The zero-order valence-corrected chi connectivity index (χ0v) is 14.6. The number of H-pyrrole nitrogens is 1. The molecule has 2 aromatic carbocycles. The molecule has 1 aromatic heterocycles.